The Labute approximate surface area is 178 Å². The van der Waals surface area contributed by atoms with Crippen LogP contribution in [0.3, 0.4) is 0 Å². The van der Waals surface area contributed by atoms with E-state index >= 15 is 0 Å². The van der Waals surface area contributed by atoms with Crippen molar-refractivity contribution in [2.45, 2.75) is 26.7 Å². The Kier molecular flexibility index (Phi) is 7.49. The smallest absolute Gasteiger partial charge is 0.251 e. The predicted molar refractivity (Wildman–Crippen MR) is 124 cm³/mol. The lowest BCUT2D eigenvalue weighted by atomic mass is 10.1. The molecule has 4 N–H and O–H groups in total. The van der Waals surface area contributed by atoms with Crippen molar-refractivity contribution in [1.82, 2.24) is 20.9 Å². The number of aryl methyl sites for hydroxylation is 1. The number of amides is 1. The molecule has 0 atom stereocenters. The van der Waals surface area contributed by atoms with Gasteiger partial charge in [0.1, 0.15) is 0 Å². The highest BCUT2D eigenvalue weighted by molar-refractivity contribution is 5.94. The van der Waals surface area contributed by atoms with Crippen molar-refractivity contribution in [2.24, 2.45) is 4.99 Å². The molecular weight excluding hydrogens is 374 g/mol. The average Bonchev–Trinajstić information content (AvgIpc) is 3.08. The molecule has 0 aliphatic heterocycles. The van der Waals surface area contributed by atoms with Gasteiger partial charge in [-0.25, -0.2) is 0 Å². The Hall–Kier alpha value is -3.28. The van der Waals surface area contributed by atoms with Crippen LogP contribution in [-0.4, -0.2) is 43.5 Å². The minimum absolute atomic E-state index is 0.0627. The Balaban J connectivity index is 1.57. The molecule has 0 unspecified atom stereocenters. The first-order valence-electron chi connectivity index (χ1n) is 10.5. The van der Waals surface area contributed by atoms with Crippen molar-refractivity contribution in [3.05, 3.63) is 70.9 Å². The molecule has 0 bridgehead atoms. The largest absolute Gasteiger partial charge is 0.358 e. The second kappa shape index (κ2) is 10.5. The number of H-pyrrole nitrogens is 1. The SMILES string of the molecule is CCNC(=NCCc1c(C)[nH]c2ccccc12)NCCc1cccc(C(=O)NC)c1. The summed E-state index contributed by atoms with van der Waals surface area (Å²) < 4.78 is 0. The minimum atomic E-state index is -0.0627. The number of carbonyl (C=O) groups is 1. The monoisotopic (exact) mass is 405 g/mol. The zero-order chi connectivity index (χ0) is 21.3. The number of hydrogen-bond donors (Lipinski definition) is 4. The van der Waals surface area contributed by atoms with Crippen LogP contribution in [0.25, 0.3) is 10.9 Å². The molecule has 2 aromatic carbocycles. The van der Waals surface area contributed by atoms with Gasteiger partial charge in [0.2, 0.25) is 0 Å². The second-order valence-corrected chi connectivity index (χ2v) is 7.24. The van der Waals surface area contributed by atoms with Crippen LogP contribution in [0.2, 0.25) is 0 Å². The molecule has 6 nitrogen and oxygen atoms in total. The van der Waals surface area contributed by atoms with E-state index in [9.17, 15) is 4.79 Å². The van der Waals surface area contributed by atoms with Gasteiger partial charge in [-0.05, 0) is 56.0 Å². The number of nitrogens with one attached hydrogen (secondary N) is 4. The van der Waals surface area contributed by atoms with E-state index < -0.39 is 0 Å². The van der Waals surface area contributed by atoms with Gasteiger partial charge in [-0.1, -0.05) is 30.3 Å². The van der Waals surface area contributed by atoms with Gasteiger partial charge in [0.05, 0.1) is 0 Å². The van der Waals surface area contributed by atoms with Crippen molar-refractivity contribution >= 4 is 22.8 Å². The van der Waals surface area contributed by atoms with Gasteiger partial charge in [0.25, 0.3) is 5.91 Å². The summed E-state index contributed by atoms with van der Waals surface area (Å²) in [4.78, 5) is 20.0. The predicted octanol–water partition coefficient (Wildman–Crippen LogP) is 3.18. The number of carbonyl (C=O) groups excluding carboxylic acids is 1. The van der Waals surface area contributed by atoms with Crippen LogP contribution < -0.4 is 16.0 Å². The molecule has 1 aromatic heterocycles. The topological polar surface area (TPSA) is 81.3 Å². The zero-order valence-electron chi connectivity index (χ0n) is 18.0. The second-order valence-electron chi connectivity index (χ2n) is 7.24. The summed E-state index contributed by atoms with van der Waals surface area (Å²) in [5.74, 6) is 0.754. The molecule has 0 saturated heterocycles. The quantitative estimate of drug-likeness (QED) is 0.343. The third-order valence-corrected chi connectivity index (χ3v) is 5.13. The standard InChI is InChI=1S/C24H31N5O/c1-4-26-24(27-14-12-18-8-7-9-19(16-18)23(30)25-3)28-15-13-20-17(2)29-22-11-6-5-10-21(20)22/h5-11,16,29H,4,12-15H2,1-3H3,(H,25,30)(H2,26,27,28). The molecule has 0 fully saturated rings. The number of aliphatic imine (C=N–C) groups is 1. The molecule has 1 amide bonds. The summed E-state index contributed by atoms with van der Waals surface area (Å²) in [5, 5.41) is 10.6. The molecule has 0 radical (unpaired) electrons. The van der Waals surface area contributed by atoms with Crippen LogP contribution in [0.15, 0.2) is 53.5 Å². The van der Waals surface area contributed by atoms with Crippen molar-refractivity contribution in [1.29, 1.82) is 0 Å². The van der Waals surface area contributed by atoms with Gasteiger partial charge >= 0.3 is 0 Å². The number of aromatic nitrogens is 1. The number of guanidine groups is 1. The zero-order valence-corrected chi connectivity index (χ0v) is 18.0. The number of fused-ring (bicyclic) bond motifs is 1. The fraction of sp³-hybridized carbons (Fsp3) is 0.333. The Morgan fingerprint density at radius 1 is 1.07 bits per heavy atom. The molecule has 0 aliphatic carbocycles. The highest BCUT2D eigenvalue weighted by Gasteiger charge is 2.08. The number of para-hydroxylation sites is 1. The molecule has 158 valence electrons. The first kappa shape index (κ1) is 21.4. The van der Waals surface area contributed by atoms with Crippen LogP contribution in [-0.2, 0) is 12.8 Å². The summed E-state index contributed by atoms with van der Waals surface area (Å²) in [7, 11) is 1.65. The fourth-order valence-electron chi connectivity index (χ4n) is 3.62. The molecule has 1 heterocycles. The number of rotatable bonds is 8. The van der Waals surface area contributed by atoms with E-state index in [0.29, 0.717) is 12.1 Å². The van der Waals surface area contributed by atoms with E-state index in [1.54, 1.807) is 7.05 Å². The Morgan fingerprint density at radius 3 is 2.70 bits per heavy atom. The normalized spacial score (nSPS) is 11.5. The molecule has 30 heavy (non-hydrogen) atoms. The average molecular weight is 406 g/mol. The lowest BCUT2D eigenvalue weighted by Crippen LogP contribution is -2.38. The van der Waals surface area contributed by atoms with Gasteiger partial charge < -0.3 is 20.9 Å². The lowest BCUT2D eigenvalue weighted by Gasteiger charge is -2.12. The maximum absolute atomic E-state index is 11.8. The number of nitrogens with zero attached hydrogens (tertiary/aromatic N) is 1. The van der Waals surface area contributed by atoms with E-state index in [1.165, 1.54) is 22.2 Å². The van der Waals surface area contributed by atoms with Crippen molar-refractivity contribution in [3.8, 4) is 0 Å². The molecule has 0 saturated carbocycles. The fourth-order valence-corrected chi connectivity index (χ4v) is 3.62. The van der Waals surface area contributed by atoms with Crippen LogP contribution in [0, 0.1) is 6.92 Å². The molecular formula is C24H31N5O. The first-order valence-corrected chi connectivity index (χ1v) is 10.5. The van der Waals surface area contributed by atoms with Gasteiger partial charge in [-0.3, -0.25) is 9.79 Å². The van der Waals surface area contributed by atoms with Crippen LogP contribution in [0.4, 0.5) is 0 Å². The molecule has 3 aromatic rings. The van der Waals surface area contributed by atoms with Gasteiger partial charge in [0.15, 0.2) is 5.96 Å². The molecule has 0 spiro atoms. The summed E-state index contributed by atoms with van der Waals surface area (Å²) in [6, 6.07) is 16.1. The van der Waals surface area contributed by atoms with Gasteiger partial charge in [-0.15, -0.1) is 0 Å². The highest BCUT2D eigenvalue weighted by atomic mass is 16.1. The van der Waals surface area contributed by atoms with E-state index in [-0.39, 0.29) is 5.91 Å². The third-order valence-electron chi connectivity index (χ3n) is 5.13. The minimum Gasteiger partial charge on any atom is -0.358 e. The molecule has 3 rings (SSSR count). The Bertz CT molecular complexity index is 1020. The van der Waals surface area contributed by atoms with Crippen molar-refractivity contribution in [3.63, 3.8) is 0 Å². The third kappa shape index (κ3) is 5.41. The number of aromatic amines is 1. The van der Waals surface area contributed by atoms with E-state index in [0.717, 1.165) is 37.5 Å². The van der Waals surface area contributed by atoms with E-state index in [1.807, 2.05) is 24.3 Å². The number of benzene rings is 2. The highest BCUT2D eigenvalue weighted by Crippen LogP contribution is 2.22. The first-order chi connectivity index (χ1) is 14.6. The summed E-state index contributed by atoms with van der Waals surface area (Å²) in [6.45, 7) is 6.45. The summed E-state index contributed by atoms with van der Waals surface area (Å²) >= 11 is 0. The maximum atomic E-state index is 11.8. The van der Waals surface area contributed by atoms with Crippen LogP contribution in [0.1, 0.15) is 34.1 Å². The van der Waals surface area contributed by atoms with Crippen molar-refractivity contribution < 1.29 is 4.79 Å². The van der Waals surface area contributed by atoms with Crippen LogP contribution in [0.5, 0.6) is 0 Å². The number of hydrogen-bond acceptors (Lipinski definition) is 2. The summed E-state index contributed by atoms with van der Waals surface area (Å²) in [6.07, 6.45) is 1.71. The van der Waals surface area contributed by atoms with Crippen LogP contribution >= 0.6 is 0 Å². The molecule has 0 aliphatic rings. The van der Waals surface area contributed by atoms with Gasteiger partial charge in [0, 0.05) is 48.8 Å². The Morgan fingerprint density at radius 2 is 1.90 bits per heavy atom. The lowest BCUT2D eigenvalue weighted by molar-refractivity contribution is 0.0963. The van der Waals surface area contributed by atoms with E-state index in [4.69, 9.17) is 4.99 Å². The maximum Gasteiger partial charge on any atom is 0.251 e. The van der Waals surface area contributed by atoms with Gasteiger partial charge in [-0.2, -0.15) is 0 Å². The van der Waals surface area contributed by atoms with Crippen molar-refractivity contribution in [2.75, 3.05) is 26.7 Å². The van der Waals surface area contributed by atoms with E-state index in [2.05, 4.69) is 59.0 Å². The summed E-state index contributed by atoms with van der Waals surface area (Å²) in [5.41, 5.74) is 5.52. The molecule has 6 heteroatoms.